The van der Waals surface area contributed by atoms with E-state index in [9.17, 15) is 0 Å². The van der Waals surface area contributed by atoms with Gasteiger partial charge in [-0.2, -0.15) is 0 Å². The minimum Gasteiger partial charge on any atom is -0.0616 e. The number of fused-ring (bicyclic) bond motifs is 11. The fraction of sp³-hybridized carbons (Fsp3) is 0.0370. The molecule has 0 aromatic heterocycles. The summed E-state index contributed by atoms with van der Waals surface area (Å²) in [7, 11) is 0. The van der Waals surface area contributed by atoms with E-state index < -0.39 is 0 Å². The summed E-state index contributed by atoms with van der Waals surface area (Å²) in [4.78, 5) is 0. The summed E-state index contributed by atoms with van der Waals surface area (Å²) < 4.78 is 0. The molecule has 0 saturated carbocycles. The van der Waals surface area contributed by atoms with Crippen LogP contribution >= 0.6 is 0 Å². The van der Waals surface area contributed by atoms with Crippen molar-refractivity contribution in [3.8, 4) is 0 Å². The molecule has 6 aromatic rings. The van der Waals surface area contributed by atoms with Crippen molar-refractivity contribution in [1.82, 2.24) is 0 Å². The van der Waals surface area contributed by atoms with Crippen molar-refractivity contribution in [2.75, 3.05) is 0 Å². The topological polar surface area (TPSA) is 0 Å². The molecule has 0 atom stereocenters. The van der Waals surface area contributed by atoms with E-state index in [2.05, 4.69) is 97.9 Å². The molecule has 0 unspecified atom stereocenters. The van der Waals surface area contributed by atoms with Crippen molar-refractivity contribution < 1.29 is 0 Å². The van der Waals surface area contributed by atoms with E-state index in [1.54, 1.807) is 0 Å². The minimum absolute atomic E-state index is 1.33. The molecule has 0 heterocycles. The fourth-order valence-electron chi connectivity index (χ4n) is 4.84. The molecule has 126 valence electrons. The molecule has 0 nitrogen and oxygen atoms in total. The zero-order valence-electron chi connectivity index (χ0n) is 15.2. The van der Waals surface area contributed by atoms with Gasteiger partial charge < -0.3 is 0 Å². The van der Waals surface area contributed by atoms with Crippen molar-refractivity contribution in [2.24, 2.45) is 0 Å². The molecule has 0 heteroatoms. The molecule has 0 aliphatic heterocycles. The Bertz CT molecular complexity index is 1500. The number of aryl methyl sites for hydroxylation is 1. The Morgan fingerprint density at radius 3 is 1.26 bits per heavy atom. The van der Waals surface area contributed by atoms with Gasteiger partial charge in [0.1, 0.15) is 0 Å². The highest BCUT2D eigenvalue weighted by Gasteiger charge is 2.15. The summed E-state index contributed by atoms with van der Waals surface area (Å²) in [5.41, 5.74) is 1.34. The first kappa shape index (κ1) is 14.8. The smallest absolute Gasteiger partial charge is 0.00112 e. The van der Waals surface area contributed by atoms with Crippen molar-refractivity contribution >= 4 is 53.9 Å². The van der Waals surface area contributed by atoms with Gasteiger partial charge in [0.2, 0.25) is 0 Å². The van der Waals surface area contributed by atoms with E-state index in [1.807, 2.05) is 0 Å². The van der Waals surface area contributed by atoms with Gasteiger partial charge >= 0.3 is 0 Å². The highest BCUT2D eigenvalue weighted by Crippen LogP contribution is 2.44. The number of rotatable bonds is 0. The Balaban J connectivity index is 2.15. The van der Waals surface area contributed by atoms with E-state index in [-0.39, 0.29) is 0 Å². The molecule has 0 saturated heterocycles. The Morgan fingerprint density at radius 2 is 0.704 bits per heavy atom. The van der Waals surface area contributed by atoms with Crippen LogP contribution in [0.4, 0.5) is 0 Å². The van der Waals surface area contributed by atoms with Crippen molar-refractivity contribution in [3.05, 3.63) is 96.6 Å². The largest absolute Gasteiger partial charge is 0.0616 e. The first-order chi connectivity index (χ1) is 13.3. The van der Waals surface area contributed by atoms with Gasteiger partial charge in [0.05, 0.1) is 0 Å². The molecule has 6 rings (SSSR count). The lowest BCUT2D eigenvalue weighted by atomic mass is 9.86. The molecular weight excluding hydrogens is 324 g/mol. The molecule has 0 aliphatic rings. The van der Waals surface area contributed by atoms with Gasteiger partial charge in [0.15, 0.2) is 0 Å². The molecule has 6 aromatic carbocycles. The van der Waals surface area contributed by atoms with Crippen LogP contribution < -0.4 is 0 Å². The highest BCUT2D eigenvalue weighted by atomic mass is 14.2. The van der Waals surface area contributed by atoms with Crippen LogP contribution in [0, 0.1) is 6.92 Å². The van der Waals surface area contributed by atoms with E-state index in [4.69, 9.17) is 0 Å². The first-order valence-electron chi connectivity index (χ1n) is 9.48. The van der Waals surface area contributed by atoms with E-state index in [1.165, 1.54) is 59.4 Å². The van der Waals surface area contributed by atoms with Gasteiger partial charge in [0.25, 0.3) is 0 Å². The number of benzene rings is 6. The SMILES string of the molecule is Cc1cccc2c3ccccc3c3c4ccccc4c4ccccc4c3c12. The Hall–Kier alpha value is -3.38. The second-order valence-corrected chi connectivity index (χ2v) is 7.38. The van der Waals surface area contributed by atoms with Crippen LogP contribution in [0.15, 0.2) is 91.0 Å². The minimum atomic E-state index is 1.33. The predicted octanol–water partition coefficient (Wildman–Crippen LogP) is 7.76. The maximum atomic E-state index is 2.28. The average molecular weight is 342 g/mol. The van der Waals surface area contributed by atoms with Gasteiger partial charge in [-0.3, -0.25) is 0 Å². The molecule has 0 fully saturated rings. The second kappa shape index (κ2) is 5.31. The summed E-state index contributed by atoms with van der Waals surface area (Å²) >= 11 is 0. The quantitative estimate of drug-likeness (QED) is 0.247. The number of hydrogen-bond acceptors (Lipinski definition) is 0. The lowest BCUT2D eigenvalue weighted by Gasteiger charge is -2.17. The lowest BCUT2D eigenvalue weighted by molar-refractivity contribution is 1.55. The zero-order valence-corrected chi connectivity index (χ0v) is 15.2. The zero-order chi connectivity index (χ0) is 18.0. The van der Waals surface area contributed by atoms with Gasteiger partial charge in [0, 0.05) is 0 Å². The molecular formula is C27H18. The summed E-state index contributed by atoms with van der Waals surface area (Å²) in [6.45, 7) is 2.24. The van der Waals surface area contributed by atoms with Gasteiger partial charge in [-0.25, -0.2) is 0 Å². The standard InChI is InChI=1S/C27H18/c1-17-9-8-16-21-20-12-4-6-14-23(20)26-22-13-5-2-10-18(22)19-11-3-7-15-24(19)27(26)25(17)21/h2-16H,1H3. The lowest BCUT2D eigenvalue weighted by Crippen LogP contribution is -1.89. The van der Waals surface area contributed by atoms with Crippen LogP contribution in [-0.2, 0) is 0 Å². The Labute approximate surface area is 157 Å². The predicted molar refractivity (Wildman–Crippen MR) is 119 cm³/mol. The molecule has 0 bridgehead atoms. The maximum Gasteiger partial charge on any atom is -0.00112 e. The summed E-state index contributed by atoms with van der Waals surface area (Å²) in [6, 6.07) is 33.2. The molecule has 27 heavy (non-hydrogen) atoms. The van der Waals surface area contributed by atoms with Crippen molar-refractivity contribution in [1.29, 1.82) is 0 Å². The van der Waals surface area contributed by atoms with E-state index >= 15 is 0 Å². The average Bonchev–Trinajstić information content (AvgIpc) is 2.73. The molecule has 0 aliphatic carbocycles. The van der Waals surface area contributed by atoms with Gasteiger partial charge in [-0.05, 0) is 66.3 Å². The summed E-state index contributed by atoms with van der Waals surface area (Å²) in [6.07, 6.45) is 0. The number of hydrogen-bond donors (Lipinski definition) is 0. The van der Waals surface area contributed by atoms with Crippen molar-refractivity contribution in [3.63, 3.8) is 0 Å². The monoisotopic (exact) mass is 342 g/mol. The molecule has 0 spiro atoms. The van der Waals surface area contributed by atoms with E-state index in [0.717, 1.165) is 0 Å². The third-order valence-electron chi connectivity index (χ3n) is 5.94. The first-order valence-corrected chi connectivity index (χ1v) is 9.48. The molecule has 0 amide bonds. The Kier molecular flexibility index (Phi) is 2.90. The van der Waals surface area contributed by atoms with E-state index in [0.29, 0.717) is 0 Å². The third kappa shape index (κ3) is 1.88. The maximum absolute atomic E-state index is 2.28. The van der Waals surface area contributed by atoms with Crippen LogP contribution in [0.5, 0.6) is 0 Å². The van der Waals surface area contributed by atoms with Crippen LogP contribution in [0.2, 0.25) is 0 Å². The van der Waals surface area contributed by atoms with Crippen LogP contribution in [-0.4, -0.2) is 0 Å². The Morgan fingerprint density at radius 1 is 0.333 bits per heavy atom. The van der Waals surface area contributed by atoms with Crippen molar-refractivity contribution in [2.45, 2.75) is 6.92 Å². The van der Waals surface area contributed by atoms with Crippen LogP contribution in [0.25, 0.3) is 53.9 Å². The molecule has 0 N–H and O–H groups in total. The highest BCUT2D eigenvalue weighted by molar-refractivity contribution is 6.39. The van der Waals surface area contributed by atoms with Gasteiger partial charge in [-0.15, -0.1) is 0 Å². The molecule has 0 radical (unpaired) electrons. The van der Waals surface area contributed by atoms with Crippen LogP contribution in [0.3, 0.4) is 0 Å². The third-order valence-corrected chi connectivity index (χ3v) is 5.94. The summed E-state index contributed by atoms with van der Waals surface area (Å²) in [5, 5.41) is 13.5. The second-order valence-electron chi connectivity index (χ2n) is 7.38. The fourth-order valence-corrected chi connectivity index (χ4v) is 4.84. The van der Waals surface area contributed by atoms with Gasteiger partial charge in [-0.1, -0.05) is 91.0 Å². The van der Waals surface area contributed by atoms with Crippen LogP contribution in [0.1, 0.15) is 5.56 Å². The summed E-state index contributed by atoms with van der Waals surface area (Å²) in [5.74, 6) is 0. The normalized spacial score (nSPS) is 11.9.